The highest BCUT2D eigenvalue weighted by Crippen LogP contribution is 2.37. The summed E-state index contributed by atoms with van der Waals surface area (Å²) < 4.78 is 5.02. The SMILES string of the molecule is CCOC(=O)N1CCc2c(sc(NC(=O)Cc3ccc([N+](=O)[O-])cc3)c2C(N)=O)C1. The highest BCUT2D eigenvalue weighted by atomic mass is 32.1. The van der Waals surface area contributed by atoms with E-state index in [9.17, 15) is 24.5 Å². The first-order valence-electron chi connectivity index (χ1n) is 9.19. The minimum absolute atomic E-state index is 0.0201. The van der Waals surface area contributed by atoms with E-state index in [2.05, 4.69) is 5.32 Å². The summed E-state index contributed by atoms with van der Waals surface area (Å²) in [6.45, 7) is 2.65. The molecule has 11 heteroatoms. The Morgan fingerprint density at radius 2 is 2.00 bits per heavy atom. The summed E-state index contributed by atoms with van der Waals surface area (Å²) >= 11 is 1.20. The topological polar surface area (TPSA) is 145 Å². The fourth-order valence-electron chi connectivity index (χ4n) is 3.21. The van der Waals surface area contributed by atoms with Crippen molar-refractivity contribution >= 4 is 39.9 Å². The third-order valence-corrected chi connectivity index (χ3v) is 5.73. The number of nitrogens with one attached hydrogen (secondary N) is 1. The van der Waals surface area contributed by atoms with Crippen LogP contribution in [0.25, 0.3) is 0 Å². The molecule has 1 aliphatic heterocycles. The molecule has 0 bridgehead atoms. The second kappa shape index (κ2) is 8.91. The largest absolute Gasteiger partial charge is 0.450 e. The Morgan fingerprint density at radius 1 is 1.30 bits per heavy atom. The molecule has 0 unspecified atom stereocenters. The number of ether oxygens (including phenoxy) is 1. The molecule has 10 nitrogen and oxygen atoms in total. The smallest absolute Gasteiger partial charge is 0.410 e. The van der Waals surface area contributed by atoms with Crippen LogP contribution in [0.5, 0.6) is 0 Å². The van der Waals surface area contributed by atoms with Crippen molar-refractivity contribution < 1.29 is 24.0 Å². The zero-order valence-corrected chi connectivity index (χ0v) is 17.0. The van der Waals surface area contributed by atoms with Crippen LogP contribution < -0.4 is 11.1 Å². The zero-order valence-electron chi connectivity index (χ0n) is 16.2. The van der Waals surface area contributed by atoms with Gasteiger partial charge in [0.1, 0.15) is 5.00 Å². The van der Waals surface area contributed by atoms with Crippen molar-refractivity contribution in [1.82, 2.24) is 4.90 Å². The fourth-order valence-corrected chi connectivity index (χ4v) is 4.50. The Morgan fingerprint density at radius 3 is 2.60 bits per heavy atom. The molecule has 0 aliphatic carbocycles. The van der Waals surface area contributed by atoms with Gasteiger partial charge in [-0.25, -0.2) is 4.79 Å². The average molecular weight is 432 g/mol. The Balaban J connectivity index is 1.76. The Kier molecular flexibility index (Phi) is 6.31. The molecule has 0 fully saturated rings. The van der Waals surface area contributed by atoms with Crippen molar-refractivity contribution in [3.8, 4) is 0 Å². The molecule has 0 saturated carbocycles. The van der Waals surface area contributed by atoms with Crippen LogP contribution in [0.15, 0.2) is 24.3 Å². The number of thiophene rings is 1. The summed E-state index contributed by atoms with van der Waals surface area (Å²) in [7, 11) is 0. The van der Waals surface area contributed by atoms with Crippen molar-refractivity contribution in [3.63, 3.8) is 0 Å². The highest BCUT2D eigenvalue weighted by Gasteiger charge is 2.30. The van der Waals surface area contributed by atoms with Crippen LogP contribution in [0.4, 0.5) is 15.5 Å². The van der Waals surface area contributed by atoms with Gasteiger partial charge in [0.15, 0.2) is 0 Å². The van der Waals surface area contributed by atoms with Gasteiger partial charge in [-0.05, 0) is 24.5 Å². The van der Waals surface area contributed by atoms with Gasteiger partial charge < -0.3 is 20.7 Å². The lowest BCUT2D eigenvalue weighted by Crippen LogP contribution is -2.36. The molecule has 2 aromatic rings. The van der Waals surface area contributed by atoms with E-state index in [-0.39, 0.29) is 36.7 Å². The van der Waals surface area contributed by atoms with Crippen molar-refractivity contribution in [3.05, 3.63) is 55.9 Å². The van der Waals surface area contributed by atoms with Crippen molar-refractivity contribution in [2.45, 2.75) is 26.3 Å². The third-order valence-electron chi connectivity index (χ3n) is 4.59. The molecule has 158 valence electrons. The van der Waals surface area contributed by atoms with E-state index in [1.54, 1.807) is 6.92 Å². The molecular formula is C19H20N4O6S. The number of nitrogens with zero attached hydrogens (tertiary/aromatic N) is 2. The average Bonchev–Trinajstić information content (AvgIpc) is 3.05. The van der Waals surface area contributed by atoms with Crippen molar-refractivity contribution in [1.29, 1.82) is 0 Å². The van der Waals surface area contributed by atoms with Gasteiger partial charge in [-0.15, -0.1) is 11.3 Å². The van der Waals surface area contributed by atoms with Crippen molar-refractivity contribution in [2.24, 2.45) is 5.73 Å². The van der Waals surface area contributed by atoms with Gasteiger partial charge in [-0.2, -0.15) is 0 Å². The van der Waals surface area contributed by atoms with Crippen LogP contribution in [0.2, 0.25) is 0 Å². The Bertz CT molecular complexity index is 1000. The van der Waals surface area contributed by atoms with Gasteiger partial charge in [0, 0.05) is 23.6 Å². The normalized spacial score (nSPS) is 12.8. The monoisotopic (exact) mass is 432 g/mol. The number of hydrogen-bond donors (Lipinski definition) is 2. The number of carbonyl (C=O) groups is 3. The maximum absolute atomic E-state index is 12.5. The molecule has 1 aliphatic rings. The number of amides is 3. The van der Waals surface area contributed by atoms with E-state index in [1.165, 1.54) is 40.5 Å². The van der Waals surface area contributed by atoms with E-state index in [0.29, 0.717) is 23.5 Å². The van der Waals surface area contributed by atoms with E-state index in [0.717, 1.165) is 10.4 Å². The number of hydrogen-bond acceptors (Lipinski definition) is 7. The molecule has 0 saturated heterocycles. The number of non-ortho nitro benzene ring substituents is 1. The summed E-state index contributed by atoms with van der Waals surface area (Å²) in [4.78, 5) is 49.0. The number of anilines is 1. The lowest BCUT2D eigenvalue weighted by molar-refractivity contribution is -0.384. The van der Waals surface area contributed by atoms with Gasteiger partial charge in [-0.1, -0.05) is 12.1 Å². The molecule has 0 radical (unpaired) electrons. The van der Waals surface area contributed by atoms with E-state index in [4.69, 9.17) is 10.5 Å². The van der Waals surface area contributed by atoms with Crippen LogP contribution in [-0.4, -0.2) is 40.9 Å². The predicted molar refractivity (Wildman–Crippen MR) is 109 cm³/mol. The first-order valence-corrected chi connectivity index (χ1v) is 10.0. The number of fused-ring (bicyclic) bond motifs is 1. The molecular weight excluding hydrogens is 412 g/mol. The van der Waals surface area contributed by atoms with Gasteiger partial charge in [0.25, 0.3) is 11.6 Å². The summed E-state index contributed by atoms with van der Waals surface area (Å²) in [5.74, 6) is -1.03. The first kappa shape index (κ1) is 21.2. The minimum Gasteiger partial charge on any atom is -0.450 e. The number of primary amides is 1. The number of nitro groups is 1. The van der Waals surface area contributed by atoms with Crippen LogP contribution in [0.3, 0.4) is 0 Å². The summed E-state index contributed by atoms with van der Waals surface area (Å²) in [5, 5.41) is 13.8. The van der Waals surface area contributed by atoms with E-state index >= 15 is 0 Å². The first-order chi connectivity index (χ1) is 14.3. The van der Waals surface area contributed by atoms with Gasteiger partial charge in [-0.3, -0.25) is 19.7 Å². The van der Waals surface area contributed by atoms with Gasteiger partial charge in [0.2, 0.25) is 5.91 Å². The maximum atomic E-state index is 12.5. The zero-order chi connectivity index (χ0) is 21.8. The molecule has 30 heavy (non-hydrogen) atoms. The Hall–Kier alpha value is -3.47. The van der Waals surface area contributed by atoms with Crippen molar-refractivity contribution in [2.75, 3.05) is 18.5 Å². The molecule has 0 spiro atoms. The van der Waals surface area contributed by atoms with Crippen LogP contribution >= 0.6 is 11.3 Å². The molecule has 3 rings (SSSR count). The number of carbonyl (C=O) groups excluding carboxylic acids is 3. The quantitative estimate of drug-likeness (QED) is 0.530. The lowest BCUT2D eigenvalue weighted by Gasteiger charge is -2.26. The fraction of sp³-hybridized carbons (Fsp3) is 0.316. The van der Waals surface area contributed by atoms with E-state index < -0.39 is 16.9 Å². The van der Waals surface area contributed by atoms with Crippen LogP contribution in [-0.2, 0) is 28.9 Å². The molecule has 0 atom stereocenters. The second-order valence-corrected chi connectivity index (χ2v) is 7.70. The Labute approximate surface area is 175 Å². The van der Waals surface area contributed by atoms with Crippen LogP contribution in [0.1, 0.15) is 33.3 Å². The van der Waals surface area contributed by atoms with Gasteiger partial charge in [0.05, 0.1) is 30.1 Å². The third kappa shape index (κ3) is 4.57. The lowest BCUT2D eigenvalue weighted by atomic mass is 10.0. The highest BCUT2D eigenvalue weighted by molar-refractivity contribution is 7.17. The minimum atomic E-state index is -0.650. The van der Waals surface area contributed by atoms with Gasteiger partial charge >= 0.3 is 6.09 Å². The number of rotatable bonds is 6. The maximum Gasteiger partial charge on any atom is 0.410 e. The summed E-state index contributed by atoms with van der Waals surface area (Å²) in [5.41, 5.74) is 7.07. The molecule has 3 N–H and O–H groups in total. The number of nitro benzene ring substituents is 1. The molecule has 1 aromatic heterocycles. The van der Waals surface area contributed by atoms with Crippen LogP contribution in [0, 0.1) is 10.1 Å². The molecule has 3 amide bonds. The number of benzene rings is 1. The molecule has 1 aromatic carbocycles. The predicted octanol–water partition coefficient (Wildman–Crippen LogP) is 2.45. The second-order valence-electron chi connectivity index (χ2n) is 6.59. The van der Waals surface area contributed by atoms with E-state index in [1.807, 2.05) is 0 Å². The summed E-state index contributed by atoms with van der Waals surface area (Å²) in [6, 6.07) is 5.66. The molecule has 2 heterocycles. The summed E-state index contributed by atoms with van der Waals surface area (Å²) in [6.07, 6.45) is -0.0181. The number of nitrogens with two attached hydrogens (primary N) is 1. The standard InChI is InChI=1S/C19H20N4O6S/c1-2-29-19(26)22-8-7-13-14(10-22)30-18(16(13)17(20)25)21-15(24)9-11-3-5-12(6-4-11)23(27)28/h3-6H,2,7-10H2,1H3,(H2,20,25)(H,21,24).